The Bertz CT molecular complexity index is 314. The van der Waals surface area contributed by atoms with E-state index < -0.39 is 0 Å². The average Bonchev–Trinajstić information content (AvgIpc) is 2.20. The minimum absolute atomic E-state index is 0.117. The van der Waals surface area contributed by atoms with Crippen LogP contribution in [0.3, 0.4) is 0 Å². The Morgan fingerprint density at radius 3 is 2.80 bits per heavy atom. The molecule has 15 heavy (non-hydrogen) atoms. The summed E-state index contributed by atoms with van der Waals surface area (Å²) in [5.74, 6) is 0.837. The van der Waals surface area contributed by atoms with Gasteiger partial charge < -0.3 is 10.5 Å². The summed E-state index contributed by atoms with van der Waals surface area (Å²) in [5.41, 5.74) is 6.88. The number of benzene rings is 1. The first kappa shape index (κ1) is 12.3. The van der Waals surface area contributed by atoms with Crippen molar-refractivity contribution in [3.8, 4) is 5.75 Å². The summed E-state index contributed by atoms with van der Waals surface area (Å²) in [7, 11) is 0. The van der Waals surface area contributed by atoms with E-state index in [-0.39, 0.29) is 6.04 Å². The molecule has 0 amide bonds. The number of halogens is 1. The highest BCUT2D eigenvalue weighted by Gasteiger charge is 2.03. The summed E-state index contributed by atoms with van der Waals surface area (Å²) in [6.07, 6.45) is 2.08. The van der Waals surface area contributed by atoms with Gasteiger partial charge in [0.25, 0.3) is 0 Å². The van der Waals surface area contributed by atoms with E-state index in [0.29, 0.717) is 6.61 Å². The third-order valence-corrected chi connectivity index (χ3v) is 2.68. The lowest BCUT2D eigenvalue weighted by Crippen LogP contribution is -2.27. The van der Waals surface area contributed by atoms with Gasteiger partial charge in [-0.15, -0.1) is 0 Å². The van der Waals surface area contributed by atoms with Crippen LogP contribution in [0.15, 0.2) is 18.2 Å². The second-order valence-corrected chi connectivity index (χ2v) is 4.18. The average molecular weight is 228 g/mol. The lowest BCUT2D eigenvalue weighted by Gasteiger charge is -2.12. The quantitative estimate of drug-likeness (QED) is 0.839. The van der Waals surface area contributed by atoms with E-state index >= 15 is 0 Å². The Morgan fingerprint density at radius 1 is 1.47 bits per heavy atom. The third-order valence-electron chi connectivity index (χ3n) is 2.25. The predicted octanol–water partition coefficient (Wildman–Crippen LogP) is 3.15. The third kappa shape index (κ3) is 4.10. The predicted molar refractivity (Wildman–Crippen MR) is 64.6 cm³/mol. The molecule has 0 bridgehead atoms. The zero-order valence-electron chi connectivity index (χ0n) is 9.29. The molecule has 0 heterocycles. The number of nitrogens with two attached hydrogens (primary N) is 1. The first-order valence-electron chi connectivity index (χ1n) is 5.28. The highest BCUT2D eigenvalue weighted by Crippen LogP contribution is 2.21. The molecule has 2 N–H and O–H groups in total. The van der Waals surface area contributed by atoms with Crippen molar-refractivity contribution in [2.75, 3.05) is 6.61 Å². The SMILES string of the molecule is CCCC(N)COc1ccc(Cl)c(C)c1. The number of hydrogen-bond donors (Lipinski definition) is 1. The Balaban J connectivity index is 2.47. The summed E-state index contributed by atoms with van der Waals surface area (Å²) in [6, 6.07) is 5.76. The van der Waals surface area contributed by atoms with E-state index in [1.54, 1.807) is 0 Å². The van der Waals surface area contributed by atoms with Gasteiger partial charge in [0, 0.05) is 11.1 Å². The van der Waals surface area contributed by atoms with Crippen molar-refractivity contribution < 1.29 is 4.74 Å². The minimum Gasteiger partial charge on any atom is -0.492 e. The largest absolute Gasteiger partial charge is 0.492 e. The van der Waals surface area contributed by atoms with Crippen molar-refractivity contribution in [1.29, 1.82) is 0 Å². The Hall–Kier alpha value is -0.730. The highest BCUT2D eigenvalue weighted by atomic mass is 35.5. The number of ether oxygens (including phenoxy) is 1. The molecule has 0 aliphatic heterocycles. The van der Waals surface area contributed by atoms with Gasteiger partial charge >= 0.3 is 0 Å². The summed E-state index contributed by atoms with van der Waals surface area (Å²) in [5, 5.41) is 0.764. The number of aryl methyl sites for hydroxylation is 1. The fourth-order valence-corrected chi connectivity index (χ4v) is 1.48. The molecule has 0 saturated heterocycles. The van der Waals surface area contributed by atoms with Gasteiger partial charge in [-0.3, -0.25) is 0 Å². The van der Waals surface area contributed by atoms with Crippen LogP contribution in [0.5, 0.6) is 5.75 Å². The van der Waals surface area contributed by atoms with Crippen LogP contribution < -0.4 is 10.5 Å². The maximum absolute atomic E-state index is 5.91. The Labute approximate surface area is 96.4 Å². The fraction of sp³-hybridized carbons (Fsp3) is 0.500. The fourth-order valence-electron chi connectivity index (χ4n) is 1.36. The molecule has 1 aromatic carbocycles. The van der Waals surface area contributed by atoms with Gasteiger partial charge in [-0.2, -0.15) is 0 Å². The van der Waals surface area contributed by atoms with Crippen molar-refractivity contribution in [1.82, 2.24) is 0 Å². The van der Waals surface area contributed by atoms with Gasteiger partial charge in [0.2, 0.25) is 0 Å². The van der Waals surface area contributed by atoms with E-state index in [9.17, 15) is 0 Å². The van der Waals surface area contributed by atoms with Crippen LogP contribution in [-0.2, 0) is 0 Å². The van der Waals surface area contributed by atoms with E-state index in [2.05, 4.69) is 6.92 Å². The Kier molecular flexibility index (Phi) is 4.92. The van der Waals surface area contributed by atoms with Gasteiger partial charge in [0.05, 0.1) is 0 Å². The molecule has 0 fully saturated rings. The molecule has 3 heteroatoms. The zero-order chi connectivity index (χ0) is 11.3. The molecule has 0 aliphatic carbocycles. The van der Waals surface area contributed by atoms with Crippen LogP contribution in [0, 0.1) is 6.92 Å². The first-order chi connectivity index (χ1) is 7.13. The van der Waals surface area contributed by atoms with Crippen LogP contribution in [0.25, 0.3) is 0 Å². The van der Waals surface area contributed by atoms with Crippen LogP contribution in [0.4, 0.5) is 0 Å². The normalized spacial score (nSPS) is 12.5. The summed E-state index contributed by atoms with van der Waals surface area (Å²) >= 11 is 5.91. The lowest BCUT2D eigenvalue weighted by atomic mass is 10.2. The molecule has 1 atom stereocenters. The molecule has 1 unspecified atom stereocenters. The van der Waals surface area contributed by atoms with Crippen LogP contribution in [0.1, 0.15) is 25.3 Å². The molecule has 0 saturated carbocycles. The van der Waals surface area contributed by atoms with E-state index in [1.807, 2.05) is 25.1 Å². The van der Waals surface area contributed by atoms with Crippen molar-refractivity contribution in [2.45, 2.75) is 32.7 Å². The van der Waals surface area contributed by atoms with E-state index in [1.165, 1.54) is 0 Å². The van der Waals surface area contributed by atoms with Crippen molar-refractivity contribution in [3.05, 3.63) is 28.8 Å². The van der Waals surface area contributed by atoms with E-state index in [0.717, 1.165) is 29.2 Å². The zero-order valence-corrected chi connectivity index (χ0v) is 10.1. The number of rotatable bonds is 5. The van der Waals surface area contributed by atoms with Gasteiger partial charge in [-0.1, -0.05) is 24.9 Å². The summed E-state index contributed by atoms with van der Waals surface area (Å²) in [6.45, 7) is 4.64. The topological polar surface area (TPSA) is 35.2 Å². The van der Waals surface area contributed by atoms with Gasteiger partial charge in [0.15, 0.2) is 0 Å². The highest BCUT2D eigenvalue weighted by molar-refractivity contribution is 6.31. The first-order valence-corrected chi connectivity index (χ1v) is 5.65. The summed E-state index contributed by atoms with van der Waals surface area (Å²) in [4.78, 5) is 0. The standard InChI is InChI=1S/C12H18ClNO/c1-3-4-10(14)8-15-11-5-6-12(13)9(2)7-11/h5-7,10H,3-4,8,14H2,1-2H3. The Morgan fingerprint density at radius 2 is 2.20 bits per heavy atom. The van der Waals surface area contributed by atoms with Gasteiger partial charge in [-0.05, 0) is 37.1 Å². The monoisotopic (exact) mass is 227 g/mol. The summed E-state index contributed by atoms with van der Waals surface area (Å²) < 4.78 is 5.57. The van der Waals surface area contributed by atoms with Gasteiger partial charge in [0.1, 0.15) is 12.4 Å². The maximum Gasteiger partial charge on any atom is 0.119 e. The number of hydrogen-bond acceptors (Lipinski definition) is 2. The van der Waals surface area contributed by atoms with Gasteiger partial charge in [-0.25, -0.2) is 0 Å². The second kappa shape index (κ2) is 5.99. The van der Waals surface area contributed by atoms with Crippen LogP contribution in [0.2, 0.25) is 5.02 Å². The molecule has 1 aromatic rings. The van der Waals surface area contributed by atoms with Crippen molar-refractivity contribution in [2.24, 2.45) is 5.73 Å². The molecule has 2 nitrogen and oxygen atoms in total. The van der Waals surface area contributed by atoms with Crippen molar-refractivity contribution >= 4 is 11.6 Å². The smallest absolute Gasteiger partial charge is 0.119 e. The van der Waals surface area contributed by atoms with Crippen LogP contribution in [-0.4, -0.2) is 12.6 Å². The van der Waals surface area contributed by atoms with Crippen LogP contribution >= 0.6 is 11.6 Å². The maximum atomic E-state index is 5.91. The second-order valence-electron chi connectivity index (χ2n) is 3.77. The molecule has 0 aromatic heterocycles. The molecule has 0 radical (unpaired) electrons. The molecule has 0 spiro atoms. The molecular weight excluding hydrogens is 210 g/mol. The molecule has 1 rings (SSSR count). The molecule has 84 valence electrons. The lowest BCUT2D eigenvalue weighted by molar-refractivity contribution is 0.281. The molecule has 0 aliphatic rings. The van der Waals surface area contributed by atoms with E-state index in [4.69, 9.17) is 22.1 Å². The minimum atomic E-state index is 0.117. The molecular formula is C12H18ClNO. The van der Waals surface area contributed by atoms with Crippen molar-refractivity contribution in [3.63, 3.8) is 0 Å².